The van der Waals surface area contributed by atoms with Crippen LogP contribution in [0, 0.1) is 10.1 Å². The van der Waals surface area contributed by atoms with Gasteiger partial charge >= 0.3 is 0 Å². The van der Waals surface area contributed by atoms with Gasteiger partial charge in [-0.25, -0.2) is 13.1 Å². The maximum Gasteiger partial charge on any atom is 0.289 e. The molecule has 1 aromatic rings. The van der Waals surface area contributed by atoms with Crippen LogP contribution in [0.25, 0.3) is 0 Å². The van der Waals surface area contributed by atoms with Crippen molar-refractivity contribution < 1.29 is 13.3 Å². The first-order valence-corrected chi connectivity index (χ1v) is 7.20. The van der Waals surface area contributed by atoms with Gasteiger partial charge in [-0.2, -0.15) is 0 Å². The molecule has 0 saturated heterocycles. The van der Waals surface area contributed by atoms with Gasteiger partial charge in [0, 0.05) is 12.6 Å². The Balaban J connectivity index is 2.88. The molecule has 1 N–H and O–H groups in total. The van der Waals surface area contributed by atoms with Gasteiger partial charge in [0.15, 0.2) is 4.90 Å². The van der Waals surface area contributed by atoms with Crippen LogP contribution < -0.4 is 4.72 Å². The van der Waals surface area contributed by atoms with E-state index in [-0.39, 0.29) is 4.90 Å². The van der Waals surface area contributed by atoms with Crippen molar-refractivity contribution in [3.8, 4) is 0 Å². The van der Waals surface area contributed by atoms with E-state index in [1.165, 1.54) is 24.3 Å². The van der Waals surface area contributed by atoms with E-state index < -0.39 is 20.6 Å². The SMILES string of the molecule is CCCCCNS(=O)(=O)c1ccccc1[N+](=O)[O-]. The van der Waals surface area contributed by atoms with E-state index in [1.54, 1.807) is 0 Å². The summed E-state index contributed by atoms with van der Waals surface area (Å²) in [6.45, 7) is 2.30. The smallest absolute Gasteiger partial charge is 0.258 e. The van der Waals surface area contributed by atoms with E-state index in [0.29, 0.717) is 6.54 Å². The molecule has 0 saturated carbocycles. The number of unbranched alkanes of at least 4 members (excludes halogenated alkanes) is 2. The highest BCUT2D eigenvalue weighted by atomic mass is 32.2. The number of sulfonamides is 1. The highest BCUT2D eigenvalue weighted by molar-refractivity contribution is 7.89. The first kappa shape index (κ1) is 14.6. The highest BCUT2D eigenvalue weighted by Crippen LogP contribution is 2.22. The topological polar surface area (TPSA) is 89.3 Å². The van der Waals surface area contributed by atoms with Crippen molar-refractivity contribution in [3.63, 3.8) is 0 Å². The summed E-state index contributed by atoms with van der Waals surface area (Å²) < 4.78 is 26.2. The average molecular weight is 272 g/mol. The molecule has 100 valence electrons. The molecule has 0 fully saturated rings. The van der Waals surface area contributed by atoms with Crippen molar-refractivity contribution in [1.29, 1.82) is 0 Å². The zero-order valence-electron chi connectivity index (χ0n) is 10.1. The third kappa shape index (κ3) is 3.78. The first-order valence-electron chi connectivity index (χ1n) is 5.72. The molecule has 0 unspecified atom stereocenters. The molecule has 7 heteroatoms. The zero-order chi connectivity index (χ0) is 13.6. The summed E-state index contributed by atoms with van der Waals surface area (Å²) in [5.41, 5.74) is -0.402. The van der Waals surface area contributed by atoms with E-state index in [4.69, 9.17) is 0 Å². The Morgan fingerprint density at radius 1 is 1.28 bits per heavy atom. The number of hydrogen-bond donors (Lipinski definition) is 1. The van der Waals surface area contributed by atoms with Gasteiger partial charge in [0.25, 0.3) is 5.69 Å². The minimum absolute atomic E-state index is 0.286. The third-order valence-corrected chi connectivity index (χ3v) is 3.93. The summed E-state index contributed by atoms with van der Waals surface area (Å²) in [4.78, 5) is 9.78. The van der Waals surface area contributed by atoms with Gasteiger partial charge in [-0.15, -0.1) is 0 Å². The van der Waals surface area contributed by atoms with Crippen LogP contribution in [0.15, 0.2) is 29.2 Å². The van der Waals surface area contributed by atoms with Crippen LogP contribution in [-0.2, 0) is 10.0 Å². The van der Waals surface area contributed by atoms with E-state index >= 15 is 0 Å². The molecular formula is C11H16N2O4S. The Kier molecular flexibility index (Phi) is 5.24. The fraction of sp³-hybridized carbons (Fsp3) is 0.455. The Hall–Kier alpha value is -1.47. The lowest BCUT2D eigenvalue weighted by molar-refractivity contribution is -0.387. The van der Waals surface area contributed by atoms with Crippen LogP contribution in [0.3, 0.4) is 0 Å². The van der Waals surface area contributed by atoms with Crippen molar-refractivity contribution >= 4 is 15.7 Å². The number of nitrogens with zero attached hydrogens (tertiary/aromatic N) is 1. The number of para-hydroxylation sites is 1. The first-order chi connectivity index (χ1) is 8.49. The Morgan fingerprint density at radius 2 is 1.94 bits per heavy atom. The molecule has 0 atom stereocenters. The maximum atomic E-state index is 11.9. The number of benzene rings is 1. The standard InChI is InChI=1S/C11H16N2O4S/c1-2-3-6-9-12-18(16,17)11-8-5-4-7-10(11)13(14)15/h4-5,7-8,12H,2-3,6,9H2,1H3. The van der Waals surface area contributed by atoms with Crippen molar-refractivity contribution in [1.82, 2.24) is 4.72 Å². The molecule has 1 rings (SSSR count). The quantitative estimate of drug-likeness (QED) is 0.467. The lowest BCUT2D eigenvalue weighted by atomic mass is 10.3. The van der Waals surface area contributed by atoms with Crippen LogP contribution in [0.5, 0.6) is 0 Å². The second-order valence-electron chi connectivity index (χ2n) is 3.83. The second-order valence-corrected chi connectivity index (χ2v) is 5.57. The van der Waals surface area contributed by atoms with E-state index in [1.807, 2.05) is 6.92 Å². The second kappa shape index (κ2) is 6.46. The van der Waals surface area contributed by atoms with Gasteiger partial charge in [0.1, 0.15) is 0 Å². The lowest BCUT2D eigenvalue weighted by Gasteiger charge is -2.06. The average Bonchev–Trinajstić information content (AvgIpc) is 2.35. The fourth-order valence-corrected chi connectivity index (χ4v) is 2.74. The van der Waals surface area contributed by atoms with Gasteiger partial charge in [-0.1, -0.05) is 31.9 Å². The Bertz CT molecular complexity index is 514. The molecule has 0 amide bonds. The highest BCUT2D eigenvalue weighted by Gasteiger charge is 2.24. The van der Waals surface area contributed by atoms with Crippen LogP contribution in [0.1, 0.15) is 26.2 Å². The molecule has 0 aliphatic rings. The molecule has 0 aromatic heterocycles. The molecule has 1 aromatic carbocycles. The molecular weight excluding hydrogens is 256 g/mol. The molecule has 6 nitrogen and oxygen atoms in total. The van der Waals surface area contributed by atoms with E-state index in [2.05, 4.69) is 4.72 Å². The van der Waals surface area contributed by atoms with Crippen molar-refractivity contribution in [3.05, 3.63) is 34.4 Å². The van der Waals surface area contributed by atoms with Gasteiger partial charge in [-0.05, 0) is 12.5 Å². The van der Waals surface area contributed by atoms with E-state index in [0.717, 1.165) is 19.3 Å². The molecule has 18 heavy (non-hydrogen) atoms. The number of nitrogens with one attached hydrogen (secondary N) is 1. The molecule has 0 aliphatic carbocycles. The summed E-state index contributed by atoms with van der Waals surface area (Å²) in [5, 5.41) is 10.8. The summed E-state index contributed by atoms with van der Waals surface area (Å²) in [6, 6.07) is 5.32. The van der Waals surface area contributed by atoms with Crippen LogP contribution in [0.2, 0.25) is 0 Å². The Morgan fingerprint density at radius 3 is 2.56 bits per heavy atom. The molecule has 0 heterocycles. The number of nitro groups is 1. The van der Waals surface area contributed by atoms with Gasteiger partial charge in [0.05, 0.1) is 4.92 Å². The number of nitro benzene ring substituents is 1. The molecule has 0 spiro atoms. The lowest BCUT2D eigenvalue weighted by Crippen LogP contribution is -2.25. The van der Waals surface area contributed by atoms with Gasteiger partial charge < -0.3 is 0 Å². The van der Waals surface area contributed by atoms with Crippen LogP contribution in [-0.4, -0.2) is 19.9 Å². The third-order valence-electron chi connectivity index (χ3n) is 2.42. The fourth-order valence-electron chi connectivity index (χ4n) is 1.49. The van der Waals surface area contributed by atoms with Crippen LogP contribution in [0.4, 0.5) is 5.69 Å². The predicted molar refractivity (Wildman–Crippen MR) is 67.8 cm³/mol. The summed E-state index contributed by atoms with van der Waals surface area (Å²) in [7, 11) is -3.81. The van der Waals surface area contributed by atoms with Gasteiger partial charge in [-0.3, -0.25) is 10.1 Å². The summed E-state index contributed by atoms with van der Waals surface area (Å²) in [6.07, 6.45) is 2.61. The summed E-state index contributed by atoms with van der Waals surface area (Å²) in [5.74, 6) is 0. The van der Waals surface area contributed by atoms with Crippen LogP contribution >= 0.6 is 0 Å². The zero-order valence-corrected chi connectivity index (χ0v) is 10.9. The van der Waals surface area contributed by atoms with Crippen molar-refractivity contribution in [2.45, 2.75) is 31.1 Å². The Labute approximate surface area is 106 Å². The maximum absolute atomic E-state index is 11.9. The minimum atomic E-state index is -3.81. The van der Waals surface area contributed by atoms with Crippen molar-refractivity contribution in [2.24, 2.45) is 0 Å². The molecule has 0 bridgehead atoms. The largest absolute Gasteiger partial charge is 0.289 e. The number of rotatable bonds is 7. The predicted octanol–water partition coefficient (Wildman–Crippen LogP) is 2.06. The summed E-state index contributed by atoms with van der Waals surface area (Å²) >= 11 is 0. The monoisotopic (exact) mass is 272 g/mol. The molecule has 0 radical (unpaired) electrons. The van der Waals surface area contributed by atoms with Gasteiger partial charge in [0.2, 0.25) is 10.0 Å². The molecule has 0 aliphatic heterocycles. The normalized spacial score (nSPS) is 11.4. The minimum Gasteiger partial charge on any atom is -0.258 e. The van der Waals surface area contributed by atoms with Crippen molar-refractivity contribution in [2.75, 3.05) is 6.54 Å². The number of hydrogen-bond acceptors (Lipinski definition) is 4. The van der Waals surface area contributed by atoms with E-state index in [9.17, 15) is 18.5 Å².